The molecule has 1 heterocycles. The summed E-state index contributed by atoms with van der Waals surface area (Å²) in [6.45, 7) is 1.67. The Morgan fingerprint density at radius 3 is 2.66 bits per heavy atom. The maximum Gasteiger partial charge on any atom is 0.269 e. The molecule has 2 aromatic carbocycles. The molecule has 2 N–H and O–H groups in total. The van der Waals surface area contributed by atoms with E-state index >= 15 is 0 Å². The van der Waals surface area contributed by atoms with Crippen LogP contribution in [0, 0.1) is 17.0 Å². The highest BCUT2D eigenvalue weighted by Gasteiger charge is 2.30. The molecule has 0 aromatic heterocycles. The molecule has 0 aliphatic carbocycles. The normalized spacial score (nSPS) is 17.5. The van der Waals surface area contributed by atoms with Crippen LogP contribution in [0.1, 0.15) is 12.0 Å². The molecule has 2 amide bonds. The highest BCUT2D eigenvalue weighted by atomic mass is 32.2. The molecule has 0 spiro atoms. The number of anilines is 1. The molecule has 10 heteroatoms. The van der Waals surface area contributed by atoms with Crippen molar-refractivity contribution >= 4 is 45.8 Å². The smallest absolute Gasteiger partial charge is 0.269 e. The Kier molecular flexibility index (Phi) is 6.13. The minimum Gasteiger partial charge on any atom is -0.497 e. The van der Waals surface area contributed by atoms with Crippen molar-refractivity contribution in [2.75, 3.05) is 12.4 Å². The number of aryl methyl sites for hydroxylation is 1. The summed E-state index contributed by atoms with van der Waals surface area (Å²) >= 11 is 1.15. The summed E-state index contributed by atoms with van der Waals surface area (Å²) in [4.78, 5) is 39.4. The maximum absolute atomic E-state index is 12.6. The van der Waals surface area contributed by atoms with Crippen LogP contribution in [0.15, 0.2) is 47.5 Å². The van der Waals surface area contributed by atoms with E-state index < -0.39 is 10.2 Å². The van der Waals surface area contributed by atoms with Gasteiger partial charge in [0.15, 0.2) is 5.17 Å². The molecular weight excluding hydrogens is 396 g/mol. The van der Waals surface area contributed by atoms with Gasteiger partial charge in [0.2, 0.25) is 11.8 Å². The lowest BCUT2D eigenvalue weighted by Gasteiger charge is -2.22. The van der Waals surface area contributed by atoms with Gasteiger partial charge in [0.05, 0.1) is 17.7 Å². The van der Waals surface area contributed by atoms with Gasteiger partial charge in [-0.15, -0.1) is 0 Å². The molecular formula is C19H18N4O5S. The average Bonchev–Trinajstić information content (AvgIpc) is 2.69. The SMILES string of the molecule is COc1ccc(N=C2NC(=O)C[C@@H](C(=O)Nc3ccc([N+](=O)[O-])cc3C)S2)cc1. The molecule has 0 unspecified atom stereocenters. The number of carbonyl (C=O) groups is 2. The van der Waals surface area contributed by atoms with Crippen LogP contribution in [0.5, 0.6) is 5.75 Å². The molecule has 1 atom stereocenters. The third kappa shape index (κ3) is 5.11. The third-order valence-corrected chi connectivity index (χ3v) is 5.23. The van der Waals surface area contributed by atoms with Crippen molar-refractivity contribution < 1.29 is 19.2 Å². The lowest BCUT2D eigenvalue weighted by molar-refractivity contribution is -0.384. The van der Waals surface area contributed by atoms with Gasteiger partial charge in [0.25, 0.3) is 5.69 Å². The van der Waals surface area contributed by atoms with Gasteiger partial charge in [-0.25, -0.2) is 4.99 Å². The van der Waals surface area contributed by atoms with Crippen LogP contribution in [0.2, 0.25) is 0 Å². The second-order valence-electron chi connectivity index (χ2n) is 6.22. The number of ether oxygens (including phenoxy) is 1. The lowest BCUT2D eigenvalue weighted by Crippen LogP contribution is -2.41. The van der Waals surface area contributed by atoms with Crippen molar-refractivity contribution in [2.45, 2.75) is 18.6 Å². The van der Waals surface area contributed by atoms with Gasteiger partial charge in [-0.1, -0.05) is 11.8 Å². The summed E-state index contributed by atoms with van der Waals surface area (Å²) in [5.41, 5.74) is 1.58. The quantitative estimate of drug-likeness (QED) is 0.572. The molecule has 1 aliphatic heterocycles. The fourth-order valence-corrected chi connectivity index (χ4v) is 3.64. The minimum atomic E-state index is -0.671. The van der Waals surface area contributed by atoms with Gasteiger partial charge < -0.3 is 15.4 Å². The zero-order chi connectivity index (χ0) is 21.0. The average molecular weight is 414 g/mol. The van der Waals surface area contributed by atoms with Crippen molar-refractivity contribution in [3.63, 3.8) is 0 Å². The number of aliphatic imine (C=N–C) groups is 1. The first-order valence-electron chi connectivity index (χ1n) is 8.61. The topological polar surface area (TPSA) is 123 Å². The van der Waals surface area contributed by atoms with Gasteiger partial charge in [-0.05, 0) is 42.8 Å². The predicted octanol–water partition coefficient (Wildman–Crippen LogP) is 3.16. The van der Waals surface area contributed by atoms with E-state index in [2.05, 4.69) is 15.6 Å². The first-order chi connectivity index (χ1) is 13.9. The number of thioether (sulfide) groups is 1. The molecule has 1 saturated heterocycles. The molecule has 9 nitrogen and oxygen atoms in total. The van der Waals surface area contributed by atoms with Gasteiger partial charge in [0.1, 0.15) is 11.0 Å². The Hall–Kier alpha value is -3.40. The zero-order valence-electron chi connectivity index (χ0n) is 15.7. The second kappa shape index (κ2) is 8.74. The Morgan fingerprint density at radius 2 is 2.03 bits per heavy atom. The number of amides is 2. The summed E-state index contributed by atoms with van der Waals surface area (Å²) in [6.07, 6.45) is 0.00413. The van der Waals surface area contributed by atoms with E-state index in [9.17, 15) is 19.7 Å². The van der Waals surface area contributed by atoms with Gasteiger partial charge >= 0.3 is 0 Å². The summed E-state index contributed by atoms with van der Waals surface area (Å²) in [7, 11) is 1.56. The number of hydrogen-bond donors (Lipinski definition) is 2. The van der Waals surface area contributed by atoms with Crippen LogP contribution in [0.3, 0.4) is 0 Å². The monoisotopic (exact) mass is 414 g/mol. The third-order valence-electron chi connectivity index (χ3n) is 4.15. The molecule has 0 saturated carbocycles. The molecule has 29 heavy (non-hydrogen) atoms. The number of benzene rings is 2. The highest BCUT2D eigenvalue weighted by Crippen LogP contribution is 2.27. The van der Waals surface area contributed by atoms with Gasteiger partial charge in [0, 0.05) is 24.2 Å². The number of amidine groups is 1. The molecule has 0 radical (unpaired) electrons. The minimum absolute atomic E-state index is 0.00413. The number of carbonyl (C=O) groups excluding carboxylic acids is 2. The van der Waals surface area contributed by atoms with Crippen LogP contribution < -0.4 is 15.4 Å². The predicted molar refractivity (Wildman–Crippen MR) is 111 cm³/mol. The van der Waals surface area contributed by atoms with Gasteiger partial charge in [-0.3, -0.25) is 19.7 Å². The highest BCUT2D eigenvalue weighted by molar-refractivity contribution is 8.15. The van der Waals surface area contributed by atoms with Crippen LogP contribution in [0.4, 0.5) is 17.1 Å². The summed E-state index contributed by atoms with van der Waals surface area (Å²) in [5, 5.41) is 15.9. The van der Waals surface area contributed by atoms with Crippen LogP contribution in [-0.4, -0.2) is 34.3 Å². The number of nitrogens with zero attached hydrogens (tertiary/aromatic N) is 2. The van der Waals surface area contributed by atoms with Crippen molar-refractivity contribution in [3.8, 4) is 5.75 Å². The first-order valence-corrected chi connectivity index (χ1v) is 9.49. The summed E-state index contributed by atoms with van der Waals surface area (Å²) in [6, 6.07) is 11.1. The van der Waals surface area contributed by atoms with Crippen molar-refractivity contribution in [1.82, 2.24) is 5.32 Å². The van der Waals surface area contributed by atoms with Crippen molar-refractivity contribution in [2.24, 2.45) is 4.99 Å². The number of hydrogen-bond acceptors (Lipinski definition) is 7. The van der Waals surface area contributed by atoms with E-state index in [1.54, 1.807) is 38.3 Å². The number of rotatable bonds is 5. The van der Waals surface area contributed by atoms with Crippen LogP contribution >= 0.6 is 11.8 Å². The van der Waals surface area contributed by atoms with Crippen LogP contribution in [-0.2, 0) is 9.59 Å². The van der Waals surface area contributed by atoms with E-state index in [4.69, 9.17) is 4.74 Å². The van der Waals surface area contributed by atoms with Crippen LogP contribution in [0.25, 0.3) is 0 Å². The fourth-order valence-electron chi connectivity index (χ4n) is 2.63. The molecule has 3 rings (SSSR count). The van der Waals surface area contributed by atoms with Gasteiger partial charge in [-0.2, -0.15) is 0 Å². The molecule has 150 valence electrons. The summed E-state index contributed by atoms with van der Waals surface area (Å²) < 4.78 is 5.10. The zero-order valence-corrected chi connectivity index (χ0v) is 16.5. The van der Waals surface area contributed by atoms with Crippen molar-refractivity contribution in [3.05, 3.63) is 58.1 Å². The van der Waals surface area contributed by atoms with Crippen molar-refractivity contribution in [1.29, 1.82) is 0 Å². The largest absolute Gasteiger partial charge is 0.497 e. The lowest BCUT2D eigenvalue weighted by atomic mass is 10.1. The Balaban J connectivity index is 1.72. The number of nitrogens with one attached hydrogen (secondary N) is 2. The van der Waals surface area contributed by atoms with E-state index in [-0.39, 0.29) is 23.9 Å². The number of nitro benzene ring substituents is 1. The number of non-ortho nitro benzene ring substituents is 1. The molecule has 1 fully saturated rings. The second-order valence-corrected chi connectivity index (χ2v) is 7.41. The van der Waals surface area contributed by atoms with E-state index in [0.29, 0.717) is 27.9 Å². The van der Waals surface area contributed by atoms with E-state index in [1.165, 1.54) is 18.2 Å². The van der Waals surface area contributed by atoms with E-state index in [1.807, 2.05) is 0 Å². The Morgan fingerprint density at radius 1 is 1.31 bits per heavy atom. The Bertz CT molecular complexity index is 991. The molecule has 0 bridgehead atoms. The Labute approximate surface area is 170 Å². The number of nitro groups is 1. The first kappa shape index (κ1) is 20.3. The standard InChI is InChI=1S/C19H18N4O5S/c1-11-9-13(23(26)27)5-8-15(11)21-18(25)16-10-17(24)22-19(29-16)20-12-3-6-14(28-2)7-4-12/h3-9,16H,10H2,1-2H3,(H,21,25)(H,20,22,24)/t16-/m0/s1. The fraction of sp³-hybridized carbons (Fsp3) is 0.211. The number of methoxy groups -OCH3 is 1. The van der Waals surface area contributed by atoms with E-state index in [0.717, 1.165) is 11.8 Å². The molecule has 1 aliphatic rings. The maximum atomic E-state index is 12.6. The molecule has 2 aromatic rings. The summed E-state index contributed by atoms with van der Waals surface area (Å²) in [5.74, 6) is 0.00539.